The number of piperidine rings is 4. The van der Waals surface area contributed by atoms with Crippen LogP contribution in [0.2, 0.25) is 0 Å². The molecule has 5 N–H and O–H groups in total. The van der Waals surface area contributed by atoms with Crippen LogP contribution < -0.4 is 10.2 Å². The molecule has 26 heteroatoms. The number of likely N-dealkylation sites (tertiary alicyclic amines) is 4. The molecule has 4 fully saturated rings. The summed E-state index contributed by atoms with van der Waals surface area (Å²) < 4.78 is 25.2. The Kier molecular flexibility index (Phi) is 54.8. The van der Waals surface area contributed by atoms with Gasteiger partial charge in [0.15, 0.2) is 5.43 Å². The number of hydrogen-bond acceptors (Lipinski definition) is 17. The summed E-state index contributed by atoms with van der Waals surface area (Å²) in [7, 11) is 15.5. The number of nitrogens with one attached hydrogen (secondary N) is 5. The average molecular weight is 1980 g/mol. The minimum absolute atomic E-state index is 0. The van der Waals surface area contributed by atoms with Crippen molar-refractivity contribution in [2.75, 3.05) is 116 Å². The molecule has 526 valence electrons. The van der Waals surface area contributed by atoms with Crippen molar-refractivity contribution in [1.82, 2.24) is 39.5 Å². The summed E-state index contributed by atoms with van der Waals surface area (Å²) in [6, 6.07) is 13.4. The first-order chi connectivity index (χ1) is 38.3. The summed E-state index contributed by atoms with van der Waals surface area (Å²) in [6.45, 7) is 10.8. The van der Waals surface area contributed by atoms with Gasteiger partial charge in [0, 0.05) is 0 Å². The van der Waals surface area contributed by atoms with E-state index in [2.05, 4.69) is 53.6 Å². The van der Waals surface area contributed by atoms with Crippen molar-refractivity contribution in [2.24, 2.45) is 21.7 Å². The fourth-order valence-corrected chi connectivity index (χ4v) is 11.4. The Morgan fingerprint density at radius 2 is 0.688 bits per heavy atom. The van der Waals surface area contributed by atoms with Gasteiger partial charge < -0.3 is 116 Å². The number of H-pyrrole nitrogens is 1. The summed E-state index contributed by atoms with van der Waals surface area (Å²) in [5.41, 5.74) is 33.3. The second kappa shape index (κ2) is 48.6. The van der Waals surface area contributed by atoms with Crippen LogP contribution in [0.1, 0.15) is 115 Å². The molecule has 0 aromatic carbocycles. The number of carbonyl (C=O) groups is 4. The Labute approximate surface area is 618 Å². The van der Waals surface area contributed by atoms with Crippen molar-refractivity contribution in [3.8, 4) is 5.75 Å². The molecule has 0 spiro atoms. The molecule has 4 aliphatic rings. The topological polar surface area (TPSA) is 294 Å². The zero-order valence-electron chi connectivity index (χ0n) is 55.1. The van der Waals surface area contributed by atoms with Gasteiger partial charge in [-0.1, -0.05) is 111 Å². The number of rotatable bonds is 13. The Morgan fingerprint density at radius 3 is 0.935 bits per heavy atom. The van der Waals surface area contributed by atoms with E-state index in [9.17, 15) is 24.0 Å². The standard InChI is InChI=1S/C15H22N3O3.2C15H22N3O2.C14H21N3O3.4CH4.4CH3.4W/c1-18-6-4-15(5-7-18,14(19)21-3)10-11-8-12(20-2)9-13(16)17-11;2*1-11-8-12(17-13(16)9-11)10-15(14(19)20-3)4-6-18(2)7-5-15;1-17-5-3-14(4-6-17,13(19)20-2)9-10-7-11(18)8-12(15)16-10;;;;;;;;;;;;/h8-9H,4-7,10H2,1-3H3,(H-,16,17);2*8-9H,4-7,10H2,1-3H3,(H-,16,17);7-8H,3-6,9H2,1-2H3,(H3,15,16,18);4*1H4;4*1H3;;;;/q3*-1;;;;;;4*-1;4*+2/p-1. The number of aromatic nitrogens is 4. The van der Waals surface area contributed by atoms with Crippen molar-refractivity contribution < 1.29 is 127 Å². The van der Waals surface area contributed by atoms with E-state index in [-0.39, 0.29) is 196 Å². The Bertz CT molecular complexity index is 2690. The maximum atomic E-state index is 12.3. The molecule has 0 amide bonds. The van der Waals surface area contributed by atoms with Crippen LogP contribution in [-0.4, -0.2) is 180 Å². The fourth-order valence-electron chi connectivity index (χ4n) is 11.4. The normalized spacial score (nSPS) is 16.2. The van der Waals surface area contributed by atoms with Gasteiger partial charge in [-0.3, -0.25) is 24.0 Å². The first-order valence-corrected chi connectivity index (χ1v) is 27.5. The minimum Gasteiger partial charge on any atom is -0.497 e. The van der Waals surface area contributed by atoms with Crippen molar-refractivity contribution in [2.45, 2.75) is 121 Å². The number of pyridine rings is 4. The molecule has 93 heavy (non-hydrogen) atoms. The van der Waals surface area contributed by atoms with E-state index < -0.39 is 21.7 Å². The molecule has 0 bridgehead atoms. The van der Waals surface area contributed by atoms with Crippen LogP contribution in [-0.2, 0) is 148 Å². The summed E-state index contributed by atoms with van der Waals surface area (Å²) in [4.78, 5) is 84.9. The van der Waals surface area contributed by atoms with Gasteiger partial charge in [-0.15, -0.1) is 0 Å². The molecule has 8 rings (SSSR count). The number of carbonyl (C=O) groups excluding carboxylic acids is 4. The number of ether oxygens (including phenoxy) is 5. The van der Waals surface area contributed by atoms with Crippen LogP contribution in [0.3, 0.4) is 0 Å². The number of aromatic amines is 1. The van der Waals surface area contributed by atoms with Crippen molar-refractivity contribution >= 4 is 47.1 Å². The third-order valence-corrected chi connectivity index (χ3v) is 16.4. The van der Waals surface area contributed by atoms with Gasteiger partial charge in [-0.2, -0.15) is 0 Å². The molecule has 0 aliphatic carbocycles. The predicted molar refractivity (Wildman–Crippen MR) is 364 cm³/mol. The number of aryl methyl sites for hydroxylation is 2. The molecule has 8 heterocycles. The smallest absolute Gasteiger partial charge is 0.497 e. The van der Waals surface area contributed by atoms with Gasteiger partial charge in [0.25, 0.3) is 0 Å². The predicted octanol–water partition coefficient (Wildman–Crippen LogP) is 13.0. The zero-order chi connectivity index (χ0) is 59.7. The molecule has 4 aromatic rings. The molecule has 22 nitrogen and oxygen atoms in total. The molecular weight excluding hydrogens is 1870 g/mol. The molecular formula is C67H114N12O10W4. The Balaban J connectivity index is -0.000000166. The fraction of sp³-hybridized carbons (Fsp3) is 0.582. The summed E-state index contributed by atoms with van der Waals surface area (Å²) in [5.74, 6) is 0.603. The van der Waals surface area contributed by atoms with Crippen LogP contribution in [0.4, 0.5) is 23.3 Å². The summed E-state index contributed by atoms with van der Waals surface area (Å²) in [6.07, 6.45) is 7.98. The SMILES string of the molecule is C.C.C.C.COC(=O)C1(Cc2cc(=O)cc([NH-])[nH]2)CCN(C)CC1.COC(=O)C1(Cc2cc(C)cc([NH-])n2)CCN(C)CC1.COC(=O)C1(Cc2cc(C)cc([NH-])n2)CCN(C)CC1.COC(=O)C1(Cc2cc(OC)cc([NH-])n2)CCN(C)CC1.[CH3-].[CH3-].[CH3-].[CH3-].[W+2].[W+2].[W+2].[W+2]. The summed E-state index contributed by atoms with van der Waals surface area (Å²) in [5, 5.41) is 0. The summed E-state index contributed by atoms with van der Waals surface area (Å²) >= 11 is 0. The molecule has 4 saturated heterocycles. The van der Waals surface area contributed by atoms with Gasteiger partial charge in [-0.25, -0.2) is 0 Å². The van der Waals surface area contributed by atoms with E-state index >= 15 is 0 Å². The van der Waals surface area contributed by atoms with Crippen LogP contribution in [0, 0.1) is 65.2 Å². The van der Waals surface area contributed by atoms with E-state index in [1.54, 1.807) is 31.4 Å². The van der Waals surface area contributed by atoms with Crippen molar-refractivity contribution in [3.63, 3.8) is 0 Å². The van der Waals surface area contributed by atoms with Crippen LogP contribution in [0.5, 0.6) is 5.75 Å². The largest absolute Gasteiger partial charge is 2.00 e. The molecule has 0 unspecified atom stereocenters. The second-order valence-electron chi connectivity index (χ2n) is 22.7. The van der Waals surface area contributed by atoms with Gasteiger partial charge in [-0.05, 0) is 196 Å². The molecule has 0 saturated carbocycles. The first-order valence-electron chi connectivity index (χ1n) is 27.5. The molecule has 0 radical (unpaired) electrons. The van der Waals surface area contributed by atoms with Gasteiger partial charge >= 0.3 is 108 Å². The molecule has 4 aliphatic heterocycles. The third kappa shape index (κ3) is 30.5. The Hall–Kier alpha value is -4.13. The zero-order valence-corrected chi connectivity index (χ0v) is 66.8. The van der Waals surface area contributed by atoms with Crippen LogP contribution in [0.15, 0.2) is 53.3 Å². The Morgan fingerprint density at radius 1 is 0.430 bits per heavy atom. The van der Waals surface area contributed by atoms with Crippen LogP contribution in [0.25, 0.3) is 22.9 Å². The molecule has 0 atom stereocenters. The van der Waals surface area contributed by atoms with Crippen LogP contribution >= 0.6 is 0 Å². The second-order valence-corrected chi connectivity index (χ2v) is 22.7. The van der Waals surface area contributed by atoms with E-state index in [4.69, 9.17) is 46.6 Å². The monoisotopic (exact) mass is 1980 g/mol. The first kappa shape index (κ1) is 105. The quantitative estimate of drug-likeness (QED) is 0.0739. The van der Waals surface area contributed by atoms with E-state index in [1.165, 1.54) is 40.6 Å². The molecule has 4 aromatic heterocycles. The van der Waals surface area contributed by atoms with Gasteiger partial charge in [0.2, 0.25) is 0 Å². The van der Waals surface area contributed by atoms with E-state index in [0.29, 0.717) is 55.7 Å². The van der Waals surface area contributed by atoms with Gasteiger partial charge in [0.05, 0.1) is 57.2 Å². The average Bonchev–Trinajstić information content (AvgIpc) is 1.02. The number of hydrogen-bond donors (Lipinski definition) is 1. The van der Waals surface area contributed by atoms with Crippen molar-refractivity contribution in [1.29, 1.82) is 0 Å². The maximum Gasteiger partial charge on any atom is 2.00 e. The number of nitrogens with zero attached hydrogens (tertiary/aromatic N) is 7. The number of esters is 4. The van der Waals surface area contributed by atoms with E-state index in [0.717, 1.165) is 113 Å². The third-order valence-electron chi connectivity index (χ3n) is 16.4. The maximum absolute atomic E-state index is 12.3. The minimum atomic E-state index is -0.599. The van der Waals surface area contributed by atoms with Gasteiger partial charge in [0.1, 0.15) is 5.75 Å². The van der Waals surface area contributed by atoms with Crippen molar-refractivity contribution in [3.05, 3.63) is 145 Å². The number of methoxy groups -OCH3 is 5. The van der Waals surface area contributed by atoms with E-state index in [1.807, 2.05) is 40.1 Å².